The van der Waals surface area contributed by atoms with E-state index < -0.39 is 41.0 Å². The van der Waals surface area contributed by atoms with Crippen LogP contribution >= 0.6 is 0 Å². The average molecular weight is 657 g/mol. The molecule has 11 nitrogen and oxygen atoms in total. The first-order chi connectivity index (χ1) is 22.9. The molecule has 0 fully saturated rings. The number of esters is 1. The molecule has 1 atom stereocenters. The number of hydrogen-bond acceptors (Lipinski definition) is 10. The van der Waals surface area contributed by atoms with Gasteiger partial charge in [-0.2, -0.15) is 0 Å². The Kier molecular flexibility index (Phi) is 11.2. The zero-order valence-corrected chi connectivity index (χ0v) is 26.0. The van der Waals surface area contributed by atoms with Crippen molar-refractivity contribution in [3.63, 3.8) is 0 Å². The maximum atomic E-state index is 13.2. The summed E-state index contributed by atoms with van der Waals surface area (Å²) in [6.07, 6.45) is 4.98. The molecular formula is C37H36O11. The van der Waals surface area contributed by atoms with Crippen molar-refractivity contribution in [1.29, 1.82) is 0 Å². The molecule has 0 saturated heterocycles. The van der Waals surface area contributed by atoms with E-state index in [0.717, 1.165) is 18.9 Å². The highest BCUT2D eigenvalue weighted by Crippen LogP contribution is 2.38. The topological polar surface area (TPSA) is 205 Å². The van der Waals surface area contributed by atoms with Crippen molar-refractivity contribution < 1.29 is 55.2 Å². The quantitative estimate of drug-likeness (QED) is 0.0251. The summed E-state index contributed by atoms with van der Waals surface area (Å²) in [6, 6.07) is 15.3. The molecule has 250 valence electrons. The Morgan fingerprint density at radius 2 is 1.38 bits per heavy atom. The minimum absolute atomic E-state index is 0.0131. The number of hydrogen-bond donors (Lipinski definition) is 8. The van der Waals surface area contributed by atoms with Crippen LogP contribution in [-0.4, -0.2) is 58.9 Å². The number of rotatable bonds is 13. The maximum absolute atomic E-state index is 13.2. The largest absolute Gasteiger partial charge is 0.508 e. The minimum atomic E-state index is -1.62. The summed E-state index contributed by atoms with van der Waals surface area (Å²) in [5, 5.41) is 80.4. The highest BCUT2D eigenvalue weighted by Gasteiger charge is 2.23. The minimum Gasteiger partial charge on any atom is -0.508 e. The number of aromatic hydroxyl groups is 7. The van der Waals surface area contributed by atoms with Gasteiger partial charge in [0.25, 0.3) is 0 Å². The summed E-state index contributed by atoms with van der Waals surface area (Å²) in [5.74, 6) is -4.95. The molecule has 0 aliphatic rings. The Balaban J connectivity index is 1.74. The normalized spacial score (nSPS) is 12.2. The van der Waals surface area contributed by atoms with Crippen LogP contribution in [0.1, 0.15) is 54.9 Å². The average Bonchev–Trinajstić information content (AvgIpc) is 3.03. The van der Waals surface area contributed by atoms with Crippen molar-refractivity contribution in [3.05, 3.63) is 95.1 Å². The molecule has 4 aromatic rings. The van der Waals surface area contributed by atoms with Gasteiger partial charge >= 0.3 is 11.9 Å². The van der Waals surface area contributed by atoms with Gasteiger partial charge < -0.3 is 45.6 Å². The van der Waals surface area contributed by atoms with Gasteiger partial charge in [-0.25, -0.2) is 9.59 Å². The molecule has 0 spiro atoms. The Morgan fingerprint density at radius 3 is 2.04 bits per heavy atom. The number of phenols is 7. The summed E-state index contributed by atoms with van der Waals surface area (Å²) in [5.41, 5.74) is 2.81. The van der Waals surface area contributed by atoms with Crippen LogP contribution in [0.25, 0.3) is 28.9 Å². The van der Waals surface area contributed by atoms with E-state index in [1.165, 1.54) is 54.6 Å². The Hall–Kier alpha value is -6.10. The van der Waals surface area contributed by atoms with Crippen molar-refractivity contribution >= 4 is 29.7 Å². The third-order valence-electron chi connectivity index (χ3n) is 7.58. The highest BCUT2D eigenvalue weighted by atomic mass is 16.6. The number of allylic oxidation sites excluding steroid dienone is 1. The molecule has 4 aromatic carbocycles. The van der Waals surface area contributed by atoms with Gasteiger partial charge in [-0.1, -0.05) is 50.1 Å². The van der Waals surface area contributed by atoms with E-state index in [9.17, 15) is 50.4 Å². The zero-order chi connectivity index (χ0) is 35.0. The second kappa shape index (κ2) is 15.5. The SMILES string of the molecule is CCCCCC(=CC(=O)OC(Cc1ccc(O)c(O)c1)C(=O)O)c1cc(O)c(O)cc1C=Cc1cc(O)c(O)cc1-c1cccc(O)c1. The fourth-order valence-corrected chi connectivity index (χ4v) is 5.10. The maximum Gasteiger partial charge on any atom is 0.345 e. The van der Waals surface area contributed by atoms with Gasteiger partial charge in [0.05, 0.1) is 0 Å². The molecule has 11 heteroatoms. The van der Waals surface area contributed by atoms with E-state index in [2.05, 4.69) is 0 Å². The van der Waals surface area contributed by atoms with Crippen LogP contribution in [-0.2, 0) is 20.7 Å². The fraction of sp³-hybridized carbons (Fsp3) is 0.189. The first kappa shape index (κ1) is 34.8. The lowest BCUT2D eigenvalue weighted by Crippen LogP contribution is -2.28. The molecule has 0 radical (unpaired) electrons. The van der Waals surface area contributed by atoms with Crippen molar-refractivity contribution in [2.45, 2.75) is 45.1 Å². The molecule has 4 rings (SSSR count). The molecule has 48 heavy (non-hydrogen) atoms. The number of ether oxygens (including phenoxy) is 1. The van der Waals surface area contributed by atoms with Crippen LogP contribution in [0, 0.1) is 0 Å². The van der Waals surface area contributed by atoms with Crippen LogP contribution < -0.4 is 0 Å². The molecule has 0 bridgehead atoms. The first-order valence-corrected chi connectivity index (χ1v) is 15.1. The van der Waals surface area contributed by atoms with E-state index in [-0.39, 0.29) is 23.7 Å². The highest BCUT2D eigenvalue weighted by molar-refractivity contribution is 5.95. The summed E-state index contributed by atoms with van der Waals surface area (Å²) in [4.78, 5) is 25.2. The molecule has 8 N–H and O–H groups in total. The number of carboxylic acid groups (broad SMARTS) is 1. The lowest BCUT2D eigenvalue weighted by molar-refractivity contribution is -0.160. The van der Waals surface area contributed by atoms with E-state index >= 15 is 0 Å². The van der Waals surface area contributed by atoms with E-state index in [0.29, 0.717) is 51.8 Å². The number of aliphatic carboxylic acids is 1. The first-order valence-electron chi connectivity index (χ1n) is 15.1. The van der Waals surface area contributed by atoms with E-state index in [1.807, 2.05) is 6.92 Å². The zero-order valence-electron chi connectivity index (χ0n) is 26.0. The van der Waals surface area contributed by atoms with Gasteiger partial charge in [-0.15, -0.1) is 0 Å². The molecule has 0 aromatic heterocycles. The van der Waals surface area contributed by atoms with Crippen molar-refractivity contribution in [2.75, 3.05) is 0 Å². The summed E-state index contributed by atoms with van der Waals surface area (Å²) in [7, 11) is 0. The van der Waals surface area contributed by atoms with Gasteiger partial charge in [-0.3, -0.25) is 0 Å². The van der Waals surface area contributed by atoms with Gasteiger partial charge in [-0.05, 0) is 100 Å². The van der Waals surface area contributed by atoms with Gasteiger partial charge in [0.2, 0.25) is 6.10 Å². The monoisotopic (exact) mass is 656 g/mol. The van der Waals surface area contributed by atoms with Gasteiger partial charge in [0.1, 0.15) is 5.75 Å². The van der Waals surface area contributed by atoms with E-state index in [1.54, 1.807) is 24.3 Å². The van der Waals surface area contributed by atoms with Crippen LogP contribution in [0.15, 0.2) is 72.8 Å². The van der Waals surface area contributed by atoms with Crippen molar-refractivity contribution in [3.8, 4) is 51.4 Å². The number of carbonyl (C=O) groups is 2. The van der Waals surface area contributed by atoms with Crippen LogP contribution in [0.2, 0.25) is 0 Å². The standard InChI is InChI=1S/C37H36O11/c1-2-3-4-6-23(18-36(45)48-35(37(46)47)14-21-9-12-29(39)30(40)13-21)28-20-34(44)32(42)17-25(28)11-10-24-16-31(41)33(43)19-27(24)22-7-5-8-26(38)15-22/h5,7-13,15-20,35,38-44H,2-4,6,14H2,1H3,(H,46,47). The molecule has 0 aliphatic carbocycles. The summed E-state index contributed by atoms with van der Waals surface area (Å²) < 4.78 is 5.31. The van der Waals surface area contributed by atoms with E-state index in [4.69, 9.17) is 4.74 Å². The fourth-order valence-electron chi connectivity index (χ4n) is 5.10. The molecule has 1 unspecified atom stereocenters. The number of benzene rings is 4. The Bertz CT molecular complexity index is 1870. The number of carbonyl (C=O) groups excluding carboxylic acids is 1. The smallest absolute Gasteiger partial charge is 0.345 e. The van der Waals surface area contributed by atoms with Gasteiger partial charge in [0, 0.05) is 12.5 Å². The summed E-state index contributed by atoms with van der Waals surface area (Å²) in [6.45, 7) is 1.99. The van der Waals surface area contributed by atoms with Crippen LogP contribution in [0.3, 0.4) is 0 Å². The number of unbranched alkanes of at least 4 members (excludes halogenated alkanes) is 2. The Labute approximate surface area is 276 Å². The van der Waals surface area contributed by atoms with Crippen molar-refractivity contribution in [2.24, 2.45) is 0 Å². The van der Waals surface area contributed by atoms with Gasteiger partial charge in [0.15, 0.2) is 34.5 Å². The lowest BCUT2D eigenvalue weighted by atomic mass is 9.92. The molecule has 0 amide bonds. The summed E-state index contributed by atoms with van der Waals surface area (Å²) >= 11 is 0. The second-order valence-electron chi connectivity index (χ2n) is 11.2. The Morgan fingerprint density at radius 1 is 0.729 bits per heavy atom. The van der Waals surface area contributed by atoms with Crippen LogP contribution in [0.4, 0.5) is 0 Å². The predicted molar refractivity (Wildman–Crippen MR) is 179 cm³/mol. The molecule has 0 aliphatic heterocycles. The van der Waals surface area contributed by atoms with Crippen LogP contribution in [0.5, 0.6) is 40.2 Å². The van der Waals surface area contributed by atoms with Crippen molar-refractivity contribution in [1.82, 2.24) is 0 Å². The molecule has 0 saturated carbocycles. The third-order valence-corrected chi connectivity index (χ3v) is 7.58. The molecule has 0 heterocycles. The third kappa shape index (κ3) is 8.79. The predicted octanol–water partition coefficient (Wildman–Crippen LogP) is 6.67. The number of phenolic OH excluding ortho intramolecular Hbond substituents is 7. The number of carboxylic acids is 1. The molecular weight excluding hydrogens is 620 g/mol. The lowest BCUT2D eigenvalue weighted by Gasteiger charge is -2.16. The second-order valence-corrected chi connectivity index (χ2v) is 11.2.